The van der Waals surface area contributed by atoms with Crippen molar-refractivity contribution in [1.82, 2.24) is 5.32 Å². The normalized spacial score (nSPS) is 11.9. The Bertz CT molecular complexity index is 360. The zero-order chi connectivity index (χ0) is 12.0. The van der Waals surface area contributed by atoms with Crippen LogP contribution in [0.25, 0.3) is 0 Å². The van der Waals surface area contributed by atoms with Crippen molar-refractivity contribution in [3.05, 3.63) is 29.3 Å². The van der Waals surface area contributed by atoms with Gasteiger partial charge in [-0.15, -0.1) is 0 Å². The van der Waals surface area contributed by atoms with E-state index in [1.807, 2.05) is 0 Å². The third-order valence-corrected chi connectivity index (χ3v) is 2.50. The van der Waals surface area contributed by atoms with E-state index in [1.54, 1.807) is 31.2 Å². The van der Waals surface area contributed by atoms with Crippen LogP contribution in [-0.4, -0.2) is 23.9 Å². The lowest BCUT2D eigenvalue weighted by Crippen LogP contribution is -2.37. The molecule has 0 saturated heterocycles. The Morgan fingerprint density at radius 1 is 1.62 bits per heavy atom. The van der Waals surface area contributed by atoms with Gasteiger partial charge in [0.25, 0.3) is 5.91 Å². The molecule has 0 aliphatic carbocycles. The highest BCUT2D eigenvalue weighted by molar-refractivity contribution is 9.09. The summed E-state index contributed by atoms with van der Waals surface area (Å²) in [6.45, 7) is 2.28. The maximum absolute atomic E-state index is 11.5. The maximum Gasteiger partial charge on any atom is 0.260 e. The lowest BCUT2D eigenvalue weighted by molar-refractivity contribution is -0.127. The number of hydrogen-bond donors (Lipinski definition) is 1. The summed E-state index contributed by atoms with van der Waals surface area (Å²) in [6, 6.07) is 6.97. The van der Waals surface area contributed by atoms with E-state index in [2.05, 4.69) is 21.2 Å². The molecule has 1 unspecified atom stereocenters. The van der Waals surface area contributed by atoms with Crippen LogP contribution in [0.3, 0.4) is 0 Å². The van der Waals surface area contributed by atoms with Gasteiger partial charge in [-0.2, -0.15) is 0 Å². The standard InChI is InChI=1S/C11H13BrClNO2/c1-8(11(15)14-6-5-12)16-10-4-2-3-9(13)7-10/h2-4,7-8H,5-6H2,1H3,(H,14,15). The van der Waals surface area contributed by atoms with Crippen molar-refractivity contribution in [1.29, 1.82) is 0 Å². The first kappa shape index (κ1) is 13.3. The summed E-state index contributed by atoms with van der Waals surface area (Å²) in [5.41, 5.74) is 0. The molecule has 3 nitrogen and oxygen atoms in total. The van der Waals surface area contributed by atoms with Crippen LogP contribution in [0.5, 0.6) is 5.75 Å². The smallest absolute Gasteiger partial charge is 0.260 e. The van der Waals surface area contributed by atoms with E-state index < -0.39 is 6.10 Å². The largest absolute Gasteiger partial charge is 0.481 e. The zero-order valence-electron chi connectivity index (χ0n) is 8.87. The predicted octanol–water partition coefficient (Wildman–Crippen LogP) is 2.62. The molecule has 0 bridgehead atoms. The minimum atomic E-state index is -0.530. The molecule has 5 heteroatoms. The molecule has 0 fully saturated rings. The van der Waals surface area contributed by atoms with Gasteiger partial charge in [0.05, 0.1) is 0 Å². The molecule has 0 radical (unpaired) electrons. The number of nitrogens with one attached hydrogen (secondary N) is 1. The quantitative estimate of drug-likeness (QED) is 0.849. The molecule has 1 aromatic rings. The van der Waals surface area contributed by atoms with Gasteiger partial charge in [0, 0.05) is 16.9 Å². The second-order valence-corrected chi connectivity index (χ2v) is 4.43. The van der Waals surface area contributed by atoms with Crippen molar-refractivity contribution in [3.8, 4) is 5.75 Å². The average molecular weight is 307 g/mol. The molecule has 88 valence electrons. The summed E-state index contributed by atoms with van der Waals surface area (Å²) < 4.78 is 5.44. The Hall–Kier alpha value is -0.740. The summed E-state index contributed by atoms with van der Waals surface area (Å²) in [5.74, 6) is 0.452. The number of amides is 1. The third-order valence-electron chi connectivity index (χ3n) is 1.87. The summed E-state index contributed by atoms with van der Waals surface area (Å²) >= 11 is 9.04. The van der Waals surface area contributed by atoms with Crippen molar-refractivity contribution in [2.45, 2.75) is 13.0 Å². The molecule has 1 atom stereocenters. The highest BCUT2D eigenvalue weighted by atomic mass is 79.9. The Kier molecular flexibility index (Phi) is 5.63. The number of carbonyl (C=O) groups excluding carboxylic acids is 1. The SMILES string of the molecule is CC(Oc1cccc(Cl)c1)C(=O)NCCBr. The molecule has 1 amide bonds. The summed E-state index contributed by atoms with van der Waals surface area (Å²) in [7, 11) is 0. The Morgan fingerprint density at radius 3 is 3.00 bits per heavy atom. The van der Waals surface area contributed by atoms with E-state index in [0.29, 0.717) is 17.3 Å². The fraction of sp³-hybridized carbons (Fsp3) is 0.364. The number of alkyl halides is 1. The molecule has 16 heavy (non-hydrogen) atoms. The van der Waals surface area contributed by atoms with Crippen molar-refractivity contribution in [2.75, 3.05) is 11.9 Å². The molecule has 0 spiro atoms. The fourth-order valence-electron chi connectivity index (χ4n) is 1.11. The molecular formula is C11H13BrClNO2. The minimum Gasteiger partial charge on any atom is -0.481 e. The molecule has 0 aliphatic heterocycles. The molecule has 0 aromatic heterocycles. The van der Waals surface area contributed by atoms with Gasteiger partial charge in [0.2, 0.25) is 0 Å². The van der Waals surface area contributed by atoms with Crippen molar-refractivity contribution < 1.29 is 9.53 Å². The van der Waals surface area contributed by atoms with Crippen LogP contribution in [0.4, 0.5) is 0 Å². The van der Waals surface area contributed by atoms with Crippen LogP contribution in [0, 0.1) is 0 Å². The maximum atomic E-state index is 11.5. The van der Waals surface area contributed by atoms with Crippen LogP contribution >= 0.6 is 27.5 Å². The first-order chi connectivity index (χ1) is 7.63. The van der Waals surface area contributed by atoms with Crippen LogP contribution in [0.1, 0.15) is 6.92 Å². The van der Waals surface area contributed by atoms with E-state index in [-0.39, 0.29) is 5.91 Å². The predicted molar refractivity (Wildman–Crippen MR) is 68.3 cm³/mol. The summed E-state index contributed by atoms with van der Waals surface area (Å²) in [5, 5.41) is 4.04. The Morgan fingerprint density at radius 2 is 2.38 bits per heavy atom. The highest BCUT2D eigenvalue weighted by Gasteiger charge is 2.13. The van der Waals surface area contributed by atoms with Crippen LogP contribution < -0.4 is 10.1 Å². The van der Waals surface area contributed by atoms with Gasteiger partial charge in [-0.05, 0) is 25.1 Å². The third kappa shape index (κ3) is 4.41. The van der Waals surface area contributed by atoms with Gasteiger partial charge < -0.3 is 10.1 Å². The van der Waals surface area contributed by atoms with Gasteiger partial charge in [0.1, 0.15) is 5.75 Å². The van der Waals surface area contributed by atoms with Gasteiger partial charge >= 0.3 is 0 Å². The van der Waals surface area contributed by atoms with E-state index in [1.165, 1.54) is 0 Å². The second-order valence-electron chi connectivity index (χ2n) is 3.20. The minimum absolute atomic E-state index is 0.139. The van der Waals surface area contributed by atoms with Crippen molar-refractivity contribution in [2.24, 2.45) is 0 Å². The molecule has 0 aliphatic rings. The van der Waals surface area contributed by atoms with Gasteiger partial charge in [-0.25, -0.2) is 0 Å². The average Bonchev–Trinajstić information content (AvgIpc) is 2.25. The van der Waals surface area contributed by atoms with E-state index in [4.69, 9.17) is 16.3 Å². The number of hydrogen-bond acceptors (Lipinski definition) is 2. The molecular weight excluding hydrogens is 293 g/mol. The number of halogens is 2. The van der Waals surface area contributed by atoms with E-state index in [9.17, 15) is 4.79 Å². The molecule has 1 aromatic carbocycles. The lowest BCUT2D eigenvalue weighted by atomic mass is 10.3. The molecule has 1 rings (SSSR count). The number of benzene rings is 1. The topological polar surface area (TPSA) is 38.3 Å². The number of ether oxygens (including phenoxy) is 1. The van der Waals surface area contributed by atoms with E-state index >= 15 is 0 Å². The molecule has 1 N–H and O–H groups in total. The second kappa shape index (κ2) is 6.76. The summed E-state index contributed by atoms with van der Waals surface area (Å²) in [4.78, 5) is 11.5. The lowest BCUT2D eigenvalue weighted by Gasteiger charge is -2.14. The highest BCUT2D eigenvalue weighted by Crippen LogP contribution is 2.18. The Labute approximate surface area is 108 Å². The first-order valence-electron chi connectivity index (χ1n) is 4.89. The number of carbonyl (C=O) groups is 1. The van der Waals surface area contributed by atoms with Crippen molar-refractivity contribution in [3.63, 3.8) is 0 Å². The molecule has 0 saturated carbocycles. The van der Waals surface area contributed by atoms with Crippen LogP contribution in [0.2, 0.25) is 5.02 Å². The van der Waals surface area contributed by atoms with Gasteiger partial charge in [-0.3, -0.25) is 4.79 Å². The summed E-state index contributed by atoms with van der Waals surface area (Å²) in [6.07, 6.45) is -0.530. The van der Waals surface area contributed by atoms with Crippen molar-refractivity contribution >= 4 is 33.4 Å². The zero-order valence-corrected chi connectivity index (χ0v) is 11.2. The van der Waals surface area contributed by atoms with Gasteiger partial charge in [0.15, 0.2) is 6.10 Å². The van der Waals surface area contributed by atoms with Gasteiger partial charge in [-0.1, -0.05) is 33.6 Å². The Balaban J connectivity index is 2.50. The first-order valence-corrected chi connectivity index (χ1v) is 6.39. The van der Waals surface area contributed by atoms with Crippen LogP contribution in [0.15, 0.2) is 24.3 Å². The fourth-order valence-corrected chi connectivity index (χ4v) is 1.49. The van der Waals surface area contributed by atoms with Crippen LogP contribution in [-0.2, 0) is 4.79 Å². The molecule has 0 heterocycles. The van der Waals surface area contributed by atoms with E-state index in [0.717, 1.165) is 5.33 Å². The monoisotopic (exact) mass is 305 g/mol. The number of rotatable bonds is 5.